The van der Waals surface area contributed by atoms with Gasteiger partial charge in [0.05, 0.1) is 12.3 Å². The van der Waals surface area contributed by atoms with E-state index in [0.29, 0.717) is 5.69 Å². The molecule has 0 aliphatic rings. The van der Waals surface area contributed by atoms with Gasteiger partial charge >= 0.3 is 0 Å². The number of hydrogen-bond donors (Lipinski definition) is 4. The molecule has 0 aliphatic heterocycles. The number of aliphatic hydroxyl groups is 1. The van der Waals surface area contributed by atoms with Gasteiger partial charge in [0.25, 0.3) is 0 Å². The van der Waals surface area contributed by atoms with Gasteiger partial charge in [0.1, 0.15) is 6.07 Å². The Kier molecular flexibility index (Phi) is 4.00. The number of aliphatic hydroxyl groups excluding tert-OH is 1. The molecule has 1 aromatic rings. The number of anilines is 1. The summed E-state index contributed by atoms with van der Waals surface area (Å²) in [4.78, 5) is 0. The highest BCUT2D eigenvalue weighted by atomic mass is 16.3. The second-order valence-corrected chi connectivity index (χ2v) is 2.95. The Balaban J connectivity index is 2.74. The van der Waals surface area contributed by atoms with Crippen LogP contribution in [0, 0.1) is 16.7 Å². The second kappa shape index (κ2) is 5.48. The maximum atomic E-state index is 8.82. The average molecular weight is 217 g/mol. The van der Waals surface area contributed by atoms with Gasteiger partial charge in [0.2, 0.25) is 5.71 Å². The lowest BCUT2D eigenvalue weighted by Crippen LogP contribution is -2.21. The molecular weight excluding hydrogens is 206 g/mol. The third kappa shape index (κ3) is 3.08. The van der Waals surface area contributed by atoms with Crippen LogP contribution < -0.4 is 11.2 Å². The number of nitriles is 1. The zero-order valence-corrected chi connectivity index (χ0v) is 8.44. The first-order chi connectivity index (χ1) is 7.67. The van der Waals surface area contributed by atoms with Gasteiger partial charge in [-0.1, -0.05) is 12.1 Å². The summed E-state index contributed by atoms with van der Waals surface area (Å²) in [6.45, 7) is -0.0273. The molecule has 6 nitrogen and oxygen atoms in total. The van der Waals surface area contributed by atoms with Crippen LogP contribution >= 0.6 is 0 Å². The van der Waals surface area contributed by atoms with Crippen LogP contribution in [0.5, 0.6) is 0 Å². The molecule has 0 aromatic heterocycles. The first-order valence-corrected chi connectivity index (χ1v) is 4.45. The molecule has 0 aliphatic carbocycles. The molecule has 1 rings (SSSR count). The molecule has 0 saturated heterocycles. The normalized spacial score (nSPS) is 10.6. The Hall–Kier alpha value is -2.39. The Morgan fingerprint density at radius 1 is 1.50 bits per heavy atom. The van der Waals surface area contributed by atoms with Crippen LogP contribution in [0.15, 0.2) is 29.4 Å². The molecule has 1 aromatic carbocycles. The number of nitrogens with one attached hydrogen (secondary N) is 2. The molecule has 0 saturated carbocycles. The van der Waals surface area contributed by atoms with Crippen LogP contribution in [0.25, 0.3) is 0 Å². The van der Waals surface area contributed by atoms with E-state index in [1.54, 1.807) is 30.3 Å². The molecule has 5 N–H and O–H groups in total. The van der Waals surface area contributed by atoms with Crippen molar-refractivity contribution in [3.63, 3.8) is 0 Å². The van der Waals surface area contributed by atoms with Gasteiger partial charge in [-0.25, -0.2) is 0 Å². The van der Waals surface area contributed by atoms with E-state index in [-0.39, 0.29) is 18.2 Å². The van der Waals surface area contributed by atoms with Crippen molar-refractivity contribution in [3.8, 4) is 6.07 Å². The van der Waals surface area contributed by atoms with Gasteiger partial charge in [-0.15, -0.1) is 0 Å². The van der Waals surface area contributed by atoms with Gasteiger partial charge in [-0.05, 0) is 17.7 Å². The van der Waals surface area contributed by atoms with Crippen molar-refractivity contribution in [1.82, 2.24) is 0 Å². The van der Waals surface area contributed by atoms with Crippen LogP contribution in [0.3, 0.4) is 0 Å². The maximum Gasteiger partial charge on any atom is 0.201 e. The monoisotopic (exact) mass is 217 g/mol. The molecule has 0 bridgehead atoms. The first kappa shape index (κ1) is 11.7. The number of amidine groups is 1. The minimum absolute atomic E-state index is 0.0273. The van der Waals surface area contributed by atoms with E-state index in [1.807, 2.05) is 0 Å². The van der Waals surface area contributed by atoms with Gasteiger partial charge in [0, 0.05) is 0 Å². The minimum Gasteiger partial charge on any atom is -0.392 e. The number of rotatable bonds is 4. The maximum absolute atomic E-state index is 8.82. The molecule has 6 heteroatoms. The summed E-state index contributed by atoms with van der Waals surface area (Å²) in [7, 11) is 0. The predicted octanol–water partition coefficient (Wildman–Crippen LogP) is 0.406. The van der Waals surface area contributed by atoms with E-state index >= 15 is 0 Å². The fourth-order valence-corrected chi connectivity index (χ4v) is 0.951. The van der Waals surface area contributed by atoms with Crippen LogP contribution in [0.4, 0.5) is 5.69 Å². The average Bonchev–Trinajstić information content (AvgIpc) is 2.30. The van der Waals surface area contributed by atoms with E-state index in [2.05, 4.69) is 10.5 Å². The molecule has 16 heavy (non-hydrogen) atoms. The SMILES string of the molecule is N#C/C(=N\Nc1ccc(CO)cc1)C(=N)N. The van der Waals surface area contributed by atoms with Crippen LogP contribution in [-0.2, 0) is 6.61 Å². The van der Waals surface area contributed by atoms with Gasteiger partial charge in [-0.2, -0.15) is 10.4 Å². The molecule has 0 spiro atoms. The van der Waals surface area contributed by atoms with Crippen molar-refractivity contribution in [3.05, 3.63) is 29.8 Å². The Labute approximate surface area is 92.5 Å². The molecular formula is C10H11N5O. The van der Waals surface area contributed by atoms with E-state index in [9.17, 15) is 0 Å². The quantitative estimate of drug-likeness (QED) is 0.331. The highest BCUT2D eigenvalue weighted by Gasteiger charge is 2.00. The van der Waals surface area contributed by atoms with Crippen LogP contribution in [0.2, 0.25) is 0 Å². The van der Waals surface area contributed by atoms with Crippen molar-refractivity contribution in [2.45, 2.75) is 6.61 Å². The summed E-state index contributed by atoms with van der Waals surface area (Å²) in [5, 5.41) is 28.1. The van der Waals surface area contributed by atoms with E-state index < -0.39 is 0 Å². The zero-order valence-electron chi connectivity index (χ0n) is 8.44. The minimum atomic E-state index is -0.387. The summed E-state index contributed by atoms with van der Waals surface area (Å²) in [5.74, 6) is -0.387. The standard InChI is InChI=1S/C10H11N5O/c11-5-9(10(12)13)15-14-8-3-1-7(6-16)2-4-8/h1-4,14,16H,6H2,(H3,12,13)/b15-9+. The lowest BCUT2D eigenvalue weighted by Gasteiger charge is -2.01. The molecule has 0 fully saturated rings. The Morgan fingerprint density at radius 2 is 2.12 bits per heavy atom. The second-order valence-electron chi connectivity index (χ2n) is 2.95. The highest BCUT2D eigenvalue weighted by Crippen LogP contribution is 2.09. The lowest BCUT2D eigenvalue weighted by molar-refractivity contribution is 0.282. The molecule has 0 heterocycles. The number of nitrogens with zero attached hydrogens (tertiary/aromatic N) is 2. The van der Waals surface area contributed by atoms with E-state index in [1.165, 1.54) is 0 Å². The third-order valence-corrected chi connectivity index (χ3v) is 1.79. The van der Waals surface area contributed by atoms with E-state index in [4.69, 9.17) is 21.5 Å². The fourth-order valence-electron chi connectivity index (χ4n) is 0.951. The van der Waals surface area contributed by atoms with Crippen molar-refractivity contribution >= 4 is 17.2 Å². The summed E-state index contributed by atoms with van der Waals surface area (Å²) in [6.07, 6.45) is 0. The van der Waals surface area contributed by atoms with Crippen LogP contribution in [-0.4, -0.2) is 16.7 Å². The summed E-state index contributed by atoms with van der Waals surface area (Å²) >= 11 is 0. The zero-order chi connectivity index (χ0) is 12.0. The summed E-state index contributed by atoms with van der Waals surface area (Å²) in [5.41, 5.74) is 8.95. The van der Waals surface area contributed by atoms with Crippen molar-refractivity contribution in [2.75, 3.05) is 5.43 Å². The number of nitrogens with two attached hydrogens (primary N) is 1. The molecule has 0 atom stereocenters. The Morgan fingerprint density at radius 3 is 2.56 bits per heavy atom. The topological polar surface area (TPSA) is 118 Å². The molecule has 0 radical (unpaired) electrons. The number of hydrogen-bond acceptors (Lipinski definition) is 5. The molecule has 0 unspecified atom stereocenters. The highest BCUT2D eigenvalue weighted by molar-refractivity contribution is 6.45. The van der Waals surface area contributed by atoms with E-state index in [0.717, 1.165) is 5.56 Å². The van der Waals surface area contributed by atoms with Gasteiger partial charge in [0.15, 0.2) is 5.84 Å². The van der Waals surface area contributed by atoms with Crippen molar-refractivity contribution in [2.24, 2.45) is 10.8 Å². The predicted molar refractivity (Wildman–Crippen MR) is 60.9 cm³/mol. The van der Waals surface area contributed by atoms with Gasteiger partial charge < -0.3 is 10.8 Å². The van der Waals surface area contributed by atoms with Gasteiger partial charge in [-0.3, -0.25) is 10.8 Å². The summed E-state index contributed by atoms with van der Waals surface area (Å²) in [6, 6.07) is 8.53. The van der Waals surface area contributed by atoms with Crippen molar-refractivity contribution in [1.29, 1.82) is 10.7 Å². The first-order valence-electron chi connectivity index (χ1n) is 4.45. The fraction of sp³-hybridized carbons (Fsp3) is 0.100. The van der Waals surface area contributed by atoms with Crippen LogP contribution in [0.1, 0.15) is 5.56 Å². The Bertz CT molecular complexity index is 443. The molecule has 0 amide bonds. The summed E-state index contributed by atoms with van der Waals surface area (Å²) < 4.78 is 0. The number of benzene rings is 1. The third-order valence-electron chi connectivity index (χ3n) is 1.79. The smallest absolute Gasteiger partial charge is 0.201 e. The number of hydrazone groups is 1. The molecule has 82 valence electrons. The largest absolute Gasteiger partial charge is 0.392 e. The van der Waals surface area contributed by atoms with Crippen molar-refractivity contribution < 1.29 is 5.11 Å². The lowest BCUT2D eigenvalue weighted by atomic mass is 10.2.